The van der Waals surface area contributed by atoms with Crippen LogP contribution in [-0.4, -0.2) is 49.3 Å². The Balaban J connectivity index is 1.68. The smallest absolute Gasteiger partial charge is 0.128 e. The number of nitriles is 1. The second-order valence-electron chi connectivity index (χ2n) is 5.06. The second kappa shape index (κ2) is 6.53. The molecule has 1 aromatic carbocycles. The summed E-state index contributed by atoms with van der Waals surface area (Å²) in [5, 5.41) is 13.5. The molecule has 0 atom stereocenters. The molecule has 0 bridgehead atoms. The van der Waals surface area contributed by atoms with Crippen molar-refractivity contribution in [3.63, 3.8) is 0 Å². The molecule has 0 saturated carbocycles. The van der Waals surface area contributed by atoms with Crippen LogP contribution < -0.4 is 5.32 Å². The number of nitrogens with zero attached hydrogens (tertiary/aromatic N) is 3. The van der Waals surface area contributed by atoms with Crippen LogP contribution in [0.25, 0.3) is 10.9 Å². The first-order chi connectivity index (χ1) is 10.4. The number of hydrogen-bond acceptors (Lipinski definition) is 5. The number of rotatable bonds is 4. The van der Waals surface area contributed by atoms with E-state index in [9.17, 15) is 5.26 Å². The average molecular weight is 282 g/mol. The molecule has 1 aliphatic rings. The van der Waals surface area contributed by atoms with Crippen molar-refractivity contribution >= 4 is 16.7 Å². The normalized spacial score (nSPS) is 15.8. The topological polar surface area (TPSA) is 61.2 Å². The molecule has 108 valence electrons. The predicted molar refractivity (Wildman–Crippen MR) is 82.2 cm³/mol. The van der Waals surface area contributed by atoms with Gasteiger partial charge in [0.05, 0.1) is 30.4 Å². The molecule has 1 fully saturated rings. The molecular formula is C16H18N4O. The third-order valence-corrected chi connectivity index (χ3v) is 3.67. The number of ether oxygens (including phenoxy) is 1. The average Bonchev–Trinajstić information content (AvgIpc) is 2.55. The van der Waals surface area contributed by atoms with Crippen molar-refractivity contribution in [3.8, 4) is 6.07 Å². The molecule has 5 heteroatoms. The molecule has 21 heavy (non-hydrogen) atoms. The van der Waals surface area contributed by atoms with Gasteiger partial charge in [-0.3, -0.25) is 4.90 Å². The fraction of sp³-hybridized carbons (Fsp3) is 0.375. The summed E-state index contributed by atoms with van der Waals surface area (Å²) in [7, 11) is 0. The lowest BCUT2D eigenvalue weighted by atomic mass is 10.1. The molecule has 2 heterocycles. The van der Waals surface area contributed by atoms with Crippen LogP contribution in [0.4, 0.5) is 5.82 Å². The second-order valence-corrected chi connectivity index (χ2v) is 5.06. The predicted octanol–water partition coefficient (Wildman–Crippen LogP) is 1.85. The highest BCUT2D eigenvalue weighted by atomic mass is 16.5. The van der Waals surface area contributed by atoms with Crippen LogP contribution in [0.1, 0.15) is 5.56 Å². The zero-order valence-corrected chi connectivity index (χ0v) is 11.9. The van der Waals surface area contributed by atoms with Crippen LogP contribution in [-0.2, 0) is 4.74 Å². The van der Waals surface area contributed by atoms with E-state index in [1.54, 1.807) is 0 Å². The lowest BCUT2D eigenvalue weighted by Crippen LogP contribution is -2.39. The maximum Gasteiger partial charge on any atom is 0.128 e. The highest BCUT2D eigenvalue weighted by Gasteiger charge is 2.10. The molecule has 0 radical (unpaired) electrons. The van der Waals surface area contributed by atoms with E-state index in [0.717, 1.165) is 56.1 Å². The van der Waals surface area contributed by atoms with Gasteiger partial charge in [0, 0.05) is 31.6 Å². The Labute approximate surface area is 124 Å². The highest BCUT2D eigenvalue weighted by Crippen LogP contribution is 2.19. The van der Waals surface area contributed by atoms with Gasteiger partial charge in [0.25, 0.3) is 0 Å². The minimum Gasteiger partial charge on any atom is -0.379 e. The Morgan fingerprint density at radius 3 is 2.90 bits per heavy atom. The van der Waals surface area contributed by atoms with E-state index >= 15 is 0 Å². The van der Waals surface area contributed by atoms with Gasteiger partial charge in [-0.25, -0.2) is 4.98 Å². The number of para-hydroxylation sites is 1. The molecule has 3 rings (SSSR count). The monoisotopic (exact) mass is 282 g/mol. The van der Waals surface area contributed by atoms with Crippen LogP contribution >= 0.6 is 0 Å². The van der Waals surface area contributed by atoms with Crippen LogP contribution in [0.2, 0.25) is 0 Å². The first-order valence-corrected chi connectivity index (χ1v) is 7.21. The van der Waals surface area contributed by atoms with Crippen LogP contribution in [0, 0.1) is 11.3 Å². The first kappa shape index (κ1) is 13.8. The summed E-state index contributed by atoms with van der Waals surface area (Å²) in [5.41, 5.74) is 1.51. The summed E-state index contributed by atoms with van der Waals surface area (Å²) in [6.45, 7) is 5.36. The summed E-state index contributed by atoms with van der Waals surface area (Å²) >= 11 is 0. The Kier molecular flexibility index (Phi) is 4.29. The van der Waals surface area contributed by atoms with E-state index in [-0.39, 0.29) is 0 Å². The van der Waals surface area contributed by atoms with Crippen molar-refractivity contribution in [1.29, 1.82) is 5.26 Å². The lowest BCUT2D eigenvalue weighted by molar-refractivity contribution is 0.0398. The van der Waals surface area contributed by atoms with Crippen molar-refractivity contribution in [2.24, 2.45) is 0 Å². The standard InChI is InChI=1S/C16H18N4O/c17-12-13-11-16(19-15-4-2-1-3-14(13)15)18-5-6-20-7-9-21-10-8-20/h1-4,11H,5-10H2,(H,18,19). The van der Waals surface area contributed by atoms with E-state index < -0.39 is 0 Å². The molecule has 1 saturated heterocycles. The van der Waals surface area contributed by atoms with Crippen molar-refractivity contribution in [3.05, 3.63) is 35.9 Å². The number of morpholine rings is 1. The minimum atomic E-state index is 0.662. The SMILES string of the molecule is N#Cc1cc(NCCN2CCOCC2)nc2ccccc12. The Hall–Kier alpha value is -2.16. The molecule has 0 amide bonds. The van der Waals surface area contributed by atoms with E-state index in [1.165, 1.54) is 0 Å². The Bertz CT molecular complexity index is 659. The number of fused-ring (bicyclic) bond motifs is 1. The summed E-state index contributed by atoms with van der Waals surface area (Å²) in [6, 6.07) is 11.8. The summed E-state index contributed by atoms with van der Waals surface area (Å²) in [6.07, 6.45) is 0. The molecule has 0 spiro atoms. The molecule has 2 aromatic rings. The van der Waals surface area contributed by atoms with E-state index in [0.29, 0.717) is 5.56 Å². The maximum atomic E-state index is 9.26. The van der Waals surface area contributed by atoms with Crippen LogP contribution in [0.5, 0.6) is 0 Å². The molecule has 1 aromatic heterocycles. The third kappa shape index (κ3) is 3.30. The minimum absolute atomic E-state index is 0.662. The van der Waals surface area contributed by atoms with Gasteiger partial charge in [-0.15, -0.1) is 0 Å². The largest absolute Gasteiger partial charge is 0.379 e. The van der Waals surface area contributed by atoms with Gasteiger partial charge in [0.1, 0.15) is 5.82 Å². The van der Waals surface area contributed by atoms with Crippen molar-refractivity contribution in [2.75, 3.05) is 44.7 Å². The molecule has 0 aliphatic carbocycles. The Morgan fingerprint density at radius 2 is 2.10 bits per heavy atom. The zero-order chi connectivity index (χ0) is 14.5. The van der Waals surface area contributed by atoms with E-state index in [1.807, 2.05) is 30.3 Å². The molecule has 0 unspecified atom stereocenters. The number of pyridine rings is 1. The van der Waals surface area contributed by atoms with Crippen molar-refractivity contribution < 1.29 is 4.74 Å². The van der Waals surface area contributed by atoms with Crippen LogP contribution in [0.15, 0.2) is 30.3 Å². The zero-order valence-electron chi connectivity index (χ0n) is 11.9. The lowest BCUT2D eigenvalue weighted by Gasteiger charge is -2.26. The van der Waals surface area contributed by atoms with Gasteiger partial charge in [-0.05, 0) is 12.1 Å². The Morgan fingerprint density at radius 1 is 1.29 bits per heavy atom. The summed E-state index contributed by atoms with van der Waals surface area (Å²) in [5.74, 6) is 0.763. The van der Waals surface area contributed by atoms with Gasteiger partial charge in [0.15, 0.2) is 0 Å². The number of hydrogen-bond donors (Lipinski definition) is 1. The summed E-state index contributed by atoms with van der Waals surface area (Å²) in [4.78, 5) is 6.92. The van der Waals surface area contributed by atoms with Gasteiger partial charge in [-0.2, -0.15) is 5.26 Å². The van der Waals surface area contributed by atoms with Crippen LogP contribution in [0.3, 0.4) is 0 Å². The fourth-order valence-corrected chi connectivity index (χ4v) is 2.53. The van der Waals surface area contributed by atoms with Gasteiger partial charge in [0.2, 0.25) is 0 Å². The molecule has 1 aliphatic heterocycles. The number of aromatic nitrogens is 1. The maximum absolute atomic E-state index is 9.26. The van der Waals surface area contributed by atoms with Gasteiger partial charge < -0.3 is 10.1 Å². The fourth-order valence-electron chi connectivity index (χ4n) is 2.53. The number of anilines is 1. The molecule has 1 N–H and O–H groups in total. The molecule has 5 nitrogen and oxygen atoms in total. The van der Waals surface area contributed by atoms with Crippen molar-refractivity contribution in [2.45, 2.75) is 0 Å². The molecular weight excluding hydrogens is 264 g/mol. The third-order valence-electron chi connectivity index (χ3n) is 3.67. The van der Waals surface area contributed by atoms with Gasteiger partial charge in [-0.1, -0.05) is 18.2 Å². The highest BCUT2D eigenvalue weighted by molar-refractivity contribution is 5.86. The summed E-state index contributed by atoms with van der Waals surface area (Å²) < 4.78 is 5.33. The van der Waals surface area contributed by atoms with E-state index in [4.69, 9.17) is 4.74 Å². The first-order valence-electron chi connectivity index (χ1n) is 7.21. The van der Waals surface area contributed by atoms with Gasteiger partial charge >= 0.3 is 0 Å². The van der Waals surface area contributed by atoms with E-state index in [2.05, 4.69) is 21.3 Å². The van der Waals surface area contributed by atoms with Crippen molar-refractivity contribution in [1.82, 2.24) is 9.88 Å². The quantitative estimate of drug-likeness (QED) is 0.927. The number of nitrogens with one attached hydrogen (secondary N) is 1. The number of benzene rings is 1.